The summed E-state index contributed by atoms with van der Waals surface area (Å²) in [5.41, 5.74) is 3.45. The van der Waals surface area contributed by atoms with Crippen LogP contribution in [-0.2, 0) is 0 Å². The fourth-order valence-corrected chi connectivity index (χ4v) is 2.83. The van der Waals surface area contributed by atoms with E-state index in [2.05, 4.69) is 62.5 Å². The van der Waals surface area contributed by atoms with Crippen LogP contribution in [0.4, 0.5) is 17.3 Å². The van der Waals surface area contributed by atoms with Gasteiger partial charge in [-0.25, -0.2) is 9.97 Å². The Labute approximate surface area is 128 Å². The minimum atomic E-state index is 0.748. The van der Waals surface area contributed by atoms with Crippen LogP contribution in [-0.4, -0.2) is 16.5 Å². The molecule has 0 aliphatic heterocycles. The van der Waals surface area contributed by atoms with E-state index in [9.17, 15) is 0 Å². The first-order valence-corrected chi connectivity index (χ1v) is 7.42. The first-order valence-electron chi connectivity index (χ1n) is 6.63. The fraction of sp³-hybridized carbons (Fsp3) is 0.333. The van der Waals surface area contributed by atoms with Crippen LogP contribution in [0.5, 0.6) is 0 Å². The quantitative estimate of drug-likeness (QED) is 0.873. The molecule has 0 aliphatic rings. The number of nitrogens with zero attached hydrogens (tertiary/aromatic N) is 2. The van der Waals surface area contributed by atoms with Gasteiger partial charge in [0.25, 0.3) is 0 Å². The number of hydrogen-bond donors (Lipinski definition) is 2. The predicted octanol–water partition coefficient (Wildman–Crippen LogP) is 4.34. The first-order chi connectivity index (χ1) is 9.49. The van der Waals surface area contributed by atoms with Gasteiger partial charge in [0, 0.05) is 22.8 Å². The zero-order valence-electron chi connectivity index (χ0n) is 12.2. The molecule has 1 aromatic carbocycles. The molecule has 0 fully saturated rings. The molecule has 5 heteroatoms. The summed E-state index contributed by atoms with van der Waals surface area (Å²) in [7, 11) is 0. The number of rotatable bonds is 4. The van der Waals surface area contributed by atoms with Gasteiger partial charge in [0.2, 0.25) is 0 Å². The van der Waals surface area contributed by atoms with Gasteiger partial charge in [-0.15, -0.1) is 0 Å². The Kier molecular flexibility index (Phi) is 4.60. The zero-order valence-corrected chi connectivity index (χ0v) is 13.8. The molecule has 0 saturated carbocycles. The van der Waals surface area contributed by atoms with Crippen molar-refractivity contribution in [3.8, 4) is 0 Å². The molecule has 2 rings (SSSR count). The summed E-state index contributed by atoms with van der Waals surface area (Å²) in [5, 5.41) is 6.61. The van der Waals surface area contributed by atoms with Gasteiger partial charge in [0.15, 0.2) is 0 Å². The Hall–Kier alpha value is -1.62. The van der Waals surface area contributed by atoms with E-state index in [-0.39, 0.29) is 0 Å². The molecule has 2 aromatic rings. The lowest BCUT2D eigenvalue weighted by molar-refractivity contribution is 1.04. The first kappa shape index (κ1) is 14.8. The average Bonchev–Trinajstić information content (AvgIpc) is 2.33. The van der Waals surface area contributed by atoms with Crippen LogP contribution in [0.25, 0.3) is 0 Å². The highest BCUT2D eigenvalue weighted by Gasteiger charge is 2.07. The third-order valence-corrected chi connectivity index (χ3v) is 3.40. The molecule has 1 aromatic heterocycles. The number of aryl methyl sites for hydroxylation is 3. The second-order valence-electron chi connectivity index (χ2n) is 4.76. The summed E-state index contributed by atoms with van der Waals surface area (Å²) in [6, 6.07) is 6.11. The maximum absolute atomic E-state index is 4.44. The maximum Gasteiger partial charge on any atom is 0.136 e. The SMILES string of the molecule is CCNc1cc(Nc2c(C)cc(Br)cc2C)nc(C)n1. The molecule has 0 spiro atoms. The largest absolute Gasteiger partial charge is 0.370 e. The molecular weight excluding hydrogens is 316 g/mol. The summed E-state index contributed by atoms with van der Waals surface area (Å²) in [6.45, 7) is 8.95. The molecule has 20 heavy (non-hydrogen) atoms. The smallest absolute Gasteiger partial charge is 0.136 e. The molecular formula is C15H19BrN4. The third kappa shape index (κ3) is 3.48. The molecule has 0 amide bonds. The Balaban J connectivity index is 2.35. The molecule has 1 heterocycles. The molecule has 2 N–H and O–H groups in total. The van der Waals surface area contributed by atoms with Crippen molar-refractivity contribution in [2.24, 2.45) is 0 Å². The highest BCUT2D eigenvalue weighted by Crippen LogP contribution is 2.28. The Morgan fingerprint density at radius 3 is 2.20 bits per heavy atom. The molecule has 0 bridgehead atoms. The Morgan fingerprint density at radius 2 is 1.60 bits per heavy atom. The van der Waals surface area contributed by atoms with Gasteiger partial charge < -0.3 is 10.6 Å². The van der Waals surface area contributed by atoms with E-state index in [0.717, 1.165) is 34.2 Å². The normalized spacial score (nSPS) is 10.4. The van der Waals surface area contributed by atoms with Crippen molar-refractivity contribution < 1.29 is 0 Å². The van der Waals surface area contributed by atoms with E-state index in [4.69, 9.17) is 0 Å². The molecule has 106 valence electrons. The summed E-state index contributed by atoms with van der Waals surface area (Å²) in [6.07, 6.45) is 0. The standard InChI is InChI=1S/C15H19BrN4/c1-5-17-13-8-14(19-11(4)18-13)20-15-9(2)6-12(16)7-10(15)3/h6-8H,5H2,1-4H3,(H2,17,18,19,20). The second-order valence-corrected chi connectivity index (χ2v) is 5.67. The summed E-state index contributed by atoms with van der Waals surface area (Å²) in [4.78, 5) is 8.80. The van der Waals surface area contributed by atoms with E-state index in [0.29, 0.717) is 0 Å². The van der Waals surface area contributed by atoms with Gasteiger partial charge >= 0.3 is 0 Å². The fourth-order valence-electron chi connectivity index (χ4n) is 2.14. The Morgan fingerprint density at radius 1 is 1.00 bits per heavy atom. The van der Waals surface area contributed by atoms with E-state index in [1.165, 1.54) is 11.1 Å². The molecule has 0 aliphatic carbocycles. The molecule has 0 atom stereocenters. The number of benzene rings is 1. The van der Waals surface area contributed by atoms with Gasteiger partial charge in [0.1, 0.15) is 17.5 Å². The molecule has 0 unspecified atom stereocenters. The monoisotopic (exact) mass is 334 g/mol. The van der Waals surface area contributed by atoms with Crippen LogP contribution in [0, 0.1) is 20.8 Å². The average molecular weight is 335 g/mol. The topological polar surface area (TPSA) is 49.8 Å². The van der Waals surface area contributed by atoms with Gasteiger partial charge in [-0.1, -0.05) is 15.9 Å². The number of nitrogens with one attached hydrogen (secondary N) is 2. The van der Waals surface area contributed by atoms with Crippen LogP contribution in [0.1, 0.15) is 23.9 Å². The lowest BCUT2D eigenvalue weighted by Gasteiger charge is -2.14. The highest BCUT2D eigenvalue weighted by atomic mass is 79.9. The predicted molar refractivity (Wildman–Crippen MR) is 87.8 cm³/mol. The van der Waals surface area contributed by atoms with E-state index in [1.807, 2.05) is 19.9 Å². The van der Waals surface area contributed by atoms with E-state index >= 15 is 0 Å². The number of hydrogen-bond acceptors (Lipinski definition) is 4. The van der Waals surface area contributed by atoms with E-state index in [1.54, 1.807) is 0 Å². The summed E-state index contributed by atoms with van der Waals surface area (Å²) >= 11 is 3.51. The molecule has 0 saturated heterocycles. The highest BCUT2D eigenvalue weighted by molar-refractivity contribution is 9.10. The van der Waals surface area contributed by atoms with E-state index < -0.39 is 0 Å². The van der Waals surface area contributed by atoms with Crippen molar-refractivity contribution in [1.29, 1.82) is 0 Å². The van der Waals surface area contributed by atoms with Gasteiger partial charge in [-0.2, -0.15) is 0 Å². The number of aromatic nitrogens is 2. The molecule has 0 radical (unpaired) electrons. The van der Waals surface area contributed by atoms with Crippen molar-refractivity contribution in [1.82, 2.24) is 9.97 Å². The van der Waals surface area contributed by atoms with Crippen molar-refractivity contribution >= 4 is 33.3 Å². The minimum Gasteiger partial charge on any atom is -0.370 e. The van der Waals surface area contributed by atoms with Crippen molar-refractivity contribution in [3.63, 3.8) is 0 Å². The number of halogens is 1. The van der Waals surface area contributed by atoms with Crippen molar-refractivity contribution in [2.45, 2.75) is 27.7 Å². The minimum absolute atomic E-state index is 0.748. The number of anilines is 3. The summed E-state index contributed by atoms with van der Waals surface area (Å²) in [5.74, 6) is 2.40. The van der Waals surface area contributed by atoms with Gasteiger partial charge in [-0.05, 0) is 51.0 Å². The van der Waals surface area contributed by atoms with Crippen LogP contribution >= 0.6 is 15.9 Å². The van der Waals surface area contributed by atoms with Gasteiger partial charge in [0.05, 0.1) is 0 Å². The van der Waals surface area contributed by atoms with Crippen LogP contribution in [0.2, 0.25) is 0 Å². The van der Waals surface area contributed by atoms with Gasteiger partial charge in [-0.3, -0.25) is 0 Å². The molecule has 4 nitrogen and oxygen atoms in total. The van der Waals surface area contributed by atoms with Crippen LogP contribution < -0.4 is 10.6 Å². The maximum atomic E-state index is 4.44. The third-order valence-electron chi connectivity index (χ3n) is 2.95. The van der Waals surface area contributed by atoms with Crippen molar-refractivity contribution in [2.75, 3.05) is 17.2 Å². The second kappa shape index (κ2) is 6.22. The van der Waals surface area contributed by atoms with Crippen molar-refractivity contribution in [3.05, 3.63) is 39.6 Å². The van der Waals surface area contributed by atoms with Crippen LogP contribution in [0.3, 0.4) is 0 Å². The lowest BCUT2D eigenvalue weighted by Crippen LogP contribution is -2.05. The summed E-state index contributed by atoms with van der Waals surface area (Å²) < 4.78 is 1.09. The lowest BCUT2D eigenvalue weighted by atomic mass is 10.1. The zero-order chi connectivity index (χ0) is 14.7. The van der Waals surface area contributed by atoms with Crippen LogP contribution in [0.15, 0.2) is 22.7 Å². The Bertz CT molecular complexity index is 602.